The van der Waals surface area contributed by atoms with Gasteiger partial charge >= 0.3 is 0 Å². The summed E-state index contributed by atoms with van der Waals surface area (Å²) >= 11 is 0. The van der Waals surface area contributed by atoms with Gasteiger partial charge in [-0.3, -0.25) is 4.79 Å². The van der Waals surface area contributed by atoms with Crippen LogP contribution in [0.1, 0.15) is 6.92 Å². The highest BCUT2D eigenvalue weighted by atomic mass is 16.5. The van der Waals surface area contributed by atoms with Gasteiger partial charge in [-0.05, 0) is 31.2 Å². The van der Waals surface area contributed by atoms with Crippen molar-refractivity contribution in [1.29, 1.82) is 0 Å². The molecule has 0 bridgehead atoms. The average Bonchev–Trinajstić information content (AvgIpc) is 2.54. The summed E-state index contributed by atoms with van der Waals surface area (Å²) in [5, 5.41) is 5.88. The molecule has 0 aliphatic rings. The van der Waals surface area contributed by atoms with Crippen LogP contribution < -0.4 is 20.1 Å². The molecule has 0 aromatic heterocycles. The van der Waals surface area contributed by atoms with Gasteiger partial charge in [-0.25, -0.2) is 0 Å². The van der Waals surface area contributed by atoms with Crippen LogP contribution in [0.2, 0.25) is 0 Å². The molecule has 0 aliphatic heterocycles. The zero-order valence-electron chi connectivity index (χ0n) is 12.8. The number of methoxy groups -OCH3 is 1. The quantitative estimate of drug-likeness (QED) is 0.824. The molecule has 0 saturated heterocycles. The Morgan fingerprint density at radius 2 is 1.73 bits per heavy atom. The average molecular weight is 300 g/mol. The Hall–Kier alpha value is -2.69. The number of anilines is 2. The first kappa shape index (κ1) is 15.7. The molecule has 0 saturated carbocycles. The summed E-state index contributed by atoms with van der Waals surface area (Å²) in [5.41, 5.74) is 1.54. The summed E-state index contributed by atoms with van der Waals surface area (Å²) in [6, 6.07) is 14.8. The fraction of sp³-hybridized carbons (Fsp3) is 0.235. The third kappa shape index (κ3) is 4.70. The van der Waals surface area contributed by atoms with E-state index in [0.717, 1.165) is 11.4 Å². The largest absolute Gasteiger partial charge is 0.497 e. The minimum Gasteiger partial charge on any atom is -0.497 e. The van der Waals surface area contributed by atoms with E-state index in [4.69, 9.17) is 9.47 Å². The van der Waals surface area contributed by atoms with Crippen molar-refractivity contribution in [2.45, 2.75) is 6.92 Å². The molecule has 0 unspecified atom stereocenters. The van der Waals surface area contributed by atoms with E-state index in [1.165, 1.54) is 0 Å². The summed E-state index contributed by atoms with van der Waals surface area (Å²) in [4.78, 5) is 12.0. The van der Waals surface area contributed by atoms with E-state index in [1.807, 2.05) is 49.4 Å². The van der Waals surface area contributed by atoms with Gasteiger partial charge in [0.1, 0.15) is 11.5 Å². The minimum atomic E-state index is -0.130. The van der Waals surface area contributed by atoms with Crippen molar-refractivity contribution < 1.29 is 14.3 Å². The Morgan fingerprint density at radius 3 is 2.45 bits per heavy atom. The number of hydrogen-bond donors (Lipinski definition) is 2. The lowest BCUT2D eigenvalue weighted by Gasteiger charge is -2.10. The molecular formula is C17H20N2O3. The predicted molar refractivity (Wildman–Crippen MR) is 87.7 cm³/mol. The second kappa shape index (κ2) is 7.93. The van der Waals surface area contributed by atoms with Gasteiger partial charge in [0.05, 0.1) is 20.3 Å². The molecule has 0 atom stereocenters. The Balaban J connectivity index is 1.88. The van der Waals surface area contributed by atoms with Crippen molar-refractivity contribution in [3.63, 3.8) is 0 Å². The van der Waals surface area contributed by atoms with Crippen LogP contribution in [0.25, 0.3) is 0 Å². The highest BCUT2D eigenvalue weighted by Gasteiger charge is 2.04. The maximum absolute atomic E-state index is 12.0. The molecule has 2 aromatic carbocycles. The van der Waals surface area contributed by atoms with E-state index >= 15 is 0 Å². The van der Waals surface area contributed by atoms with E-state index in [2.05, 4.69) is 10.6 Å². The summed E-state index contributed by atoms with van der Waals surface area (Å²) in [6.45, 7) is 2.72. The van der Waals surface area contributed by atoms with Crippen molar-refractivity contribution in [3.05, 3.63) is 48.5 Å². The van der Waals surface area contributed by atoms with Crippen molar-refractivity contribution in [2.75, 3.05) is 30.9 Å². The third-order valence-electron chi connectivity index (χ3n) is 2.95. The molecule has 2 rings (SSSR count). The highest BCUT2D eigenvalue weighted by molar-refractivity contribution is 5.93. The van der Waals surface area contributed by atoms with Crippen molar-refractivity contribution in [2.24, 2.45) is 0 Å². The zero-order valence-corrected chi connectivity index (χ0v) is 12.8. The van der Waals surface area contributed by atoms with Gasteiger partial charge in [0, 0.05) is 23.5 Å². The lowest BCUT2D eigenvalue weighted by atomic mass is 10.3. The highest BCUT2D eigenvalue weighted by Crippen LogP contribution is 2.18. The van der Waals surface area contributed by atoms with Gasteiger partial charge < -0.3 is 20.1 Å². The molecule has 0 heterocycles. The van der Waals surface area contributed by atoms with Crippen LogP contribution >= 0.6 is 0 Å². The van der Waals surface area contributed by atoms with Crippen molar-refractivity contribution in [3.8, 4) is 11.5 Å². The molecule has 5 heteroatoms. The fourth-order valence-electron chi connectivity index (χ4n) is 1.95. The Morgan fingerprint density at radius 1 is 1.05 bits per heavy atom. The van der Waals surface area contributed by atoms with Gasteiger partial charge in [0.15, 0.2) is 0 Å². The Labute approximate surface area is 130 Å². The van der Waals surface area contributed by atoms with Crippen molar-refractivity contribution in [1.82, 2.24) is 0 Å². The lowest BCUT2D eigenvalue weighted by molar-refractivity contribution is -0.114. The SMILES string of the molecule is CCOc1cccc(NCC(=O)Nc2cccc(OC)c2)c1. The number of hydrogen-bond acceptors (Lipinski definition) is 4. The molecule has 0 fully saturated rings. The molecule has 0 spiro atoms. The van der Waals surface area contributed by atoms with E-state index in [-0.39, 0.29) is 12.5 Å². The van der Waals surface area contributed by atoms with E-state index in [1.54, 1.807) is 13.2 Å². The number of carbonyl (C=O) groups excluding carboxylic acids is 1. The standard InChI is InChI=1S/C17H20N2O3/c1-3-22-16-9-4-6-13(10-16)18-12-17(20)19-14-7-5-8-15(11-14)21-2/h4-11,18H,3,12H2,1-2H3,(H,19,20). The molecule has 0 aliphatic carbocycles. The fourth-order valence-corrected chi connectivity index (χ4v) is 1.95. The van der Waals surface area contributed by atoms with Crippen LogP contribution in [0.15, 0.2) is 48.5 Å². The third-order valence-corrected chi connectivity index (χ3v) is 2.95. The summed E-state index contributed by atoms with van der Waals surface area (Å²) in [6.07, 6.45) is 0. The number of benzene rings is 2. The van der Waals surface area contributed by atoms with Gasteiger partial charge in [-0.1, -0.05) is 12.1 Å². The zero-order chi connectivity index (χ0) is 15.8. The summed E-state index contributed by atoms with van der Waals surface area (Å²) in [5.74, 6) is 1.35. The molecular weight excluding hydrogens is 280 g/mol. The molecule has 2 N–H and O–H groups in total. The van der Waals surface area contributed by atoms with E-state index < -0.39 is 0 Å². The van der Waals surface area contributed by atoms with E-state index in [0.29, 0.717) is 18.0 Å². The van der Waals surface area contributed by atoms with Crippen LogP contribution in [-0.4, -0.2) is 26.2 Å². The molecule has 5 nitrogen and oxygen atoms in total. The van der Waals surface area contributed by atoms with Gasteiger partial charge in [-0.15, -0.1) is 0 Å². The maximum atomic E-state index is 12.0. The monoisotopic (exact) mass is 300 g/mol. The van der Waals surface area contributed by atoms with Crippen LogP contribution in [0.5, 0.6) is 11.5 Å². The van der Waals surface area contributed by atoms with Crippen LogP contribution in [0.4, 0.5) is 11.4 Å². The lowest BCUT2D eigenvalue weighted by Crippen LogP contribution is -2.21. The van der Waals surface area contributed by atoms with Crippen LogP contribution in [0, 0.1) is 0 Å². The number of carbonyl (C=O) groups is 1. The second-order valence-corrected chi connectivity index (χ2v) is 4.59. The first-order chi connectivity index (χ1) is 10.7. The summed E-state index contributed by atoms with van der Waals surface area (Å²) in [7, 11) is 1.59. The van der Waals surface area contributed by atoms with Gasteiger partial charge in [-0.2, -0.15) is 0 Å². The first-order valence-electron chi connectivity index (χ1n) is 7.12. The summed E-state index contributed by atoms with van der Waals surface area (Å²) < 4.78 is 10.5. The van der Waals surface area contributed by atoms with Gasteiger partial charge in [0.25, 0.3) is 0 Å². The van der Waals surface area contributed by atoms with Gasteiger partial charge in [0.2, 0.25) is 5.91 Å². The second-order valence-electron chi connectivity index (χ2n) is 4.59. The molecule has 2 aromatic rings. The molecule has 116 valence electrons. The number of nitrogens with one attached hydrogen (secondary N) is 2. The Kier molecular flexibility index (Phi) is 5.65. The smallest absolute Gasteiger partial charge is 0.243 e. The van der Waals surface area contributed by atoms with Crippen LogP contribution in [-0.2, 0) is 4.79 Å². The first-order valence-corrected chi connectivity index (χ1v) is 7.12. The number of ether oxygens (including phenoxy) is 2. The normalized spacial score (nSPS) is 9.91. The Bertz CT molecular complexity index is 629. The molecule has 0 radical (unpaired) electrons. The van der Waals surface area contributed by atoms with E-state index in [9.17, 15) is 4.79 Å². The number of amides is 1. The minimum absolute atomic E-state index is 0.130. The molecule has 1 amide bonds. The van der Waals surface area contributed by atoms with Crippen molar-refractivity contribution >= 4 is 17.3 Å². The predicted octanol–water partition coefficient (Wildman–Crippen LogP) is 3.14. The number of rotatable bonds is 7. The maximum Gasteiger partial charge on any atom is 0.243 e. The molecule has 22 heavy (non-hydrogen) atoms. The topological polar surface area (TPSA) is 59.6 Å². The van der Waals surface area contributed by atoms with Crippen LogP contribution in [0.3, 0.4) is 0 Å².